The van der Waals surface area contributed by atoms with Gasteiger partial charge in [0.15, 0.2) is 11.5 Å². The van der Waals surface area contributed by atoms with E-state index in [1.807, 2.05) is 0 Å². The molecule has 0 unspecified atom stereocenters. The Morgan fingerprint density at radius 3 is 2.61 bits per heavy atom. The maximum Gasteiger partial charge on any atom is 0.294 e. The van der Waals surface area contributed by atoms with E-state index in [0.717, 1.165) is 35.9 Å². The van der Waals surface area contributed by atoms with Crippen molar-refractivity contribution < 1.29 is 28.8 Å². The van der Waals surface area contributed by atoms with Gasteiger partial charge in [-0.25, -0.2) is 0 Å². The molecule has 10 nitrogen and oxygen atoms in total. The molecule has 2 saturated heterocycles. The molecule has 0 saturated carbocycles. The second kappa shape index (κ2) is 11.3. The molecular formula is C25H25N3O7S. The number of imide groups is 1. The number of amides is 3. The van der Waals surface area contributed by atoms with Gasteiger partial charge >= 0.3 is 0 Å². The van der Waals surface area contributed by atoms with Gasteiger partial charge in [0.05, 0.1) is 16.9 Å². The van der Waals surface area contributed by atoms with E-state index in [0.29, 0.717) is 35.7 Å². The molecule has 3 amide bonds. The van der Waals surface area contributed by atoms with Crippen LogP contribution in [0.25, 0.3) is 6.08 Å². The fraction of sp³-hybridized carbons (Fsp3) is 0.320. The molecule has 2 aliphatic rings. The zero-order valence-electron chi connectivity index (χ0n) is 19.7. The number of nitrogens with zero attached hydrogens (tertiary/aromatic N) is 3. The Morgan fingerprint density at radius 1 is 1.11 bits per heavy atom. The minimum atomic E-state index is -0.500. The number of carbonyl (C=O) groups excluding carboxylic acids is 3. The Balaban J connectivity index is 1.43. The van der Waals surface area contributed by atoms with Crippen molar-refractivity contribution in [3.63, 3.8) is 0 Å². The molecule has 11 heteroatoms. The first-order valence-electron chi connectivity index (χ1n) is 11.4. The van der Waals surface area contributed by atoms with Crippen molar-refractivity contribution in [3.05, 3.63) is 68.6 Å². The Hall–Kier alpha value is -3.86. The molecule has 2 fully saturated rings. The first-order valence-corrected chi connectivity index (χ1v) is 12.2. The second-order valence-corrected chi connectivity index (χ2v) is 9.33. The Morgan fingerprint density at radius 2 is 1.89 bits per heavy atom. The van der Waals surface area contributed by atoms with Crippen molar-refractivity contribution >= 4 is 40.6 Å². The van der Waals surface area contributed by atoms with E-state index >= 15 is 0 Å². The lowest BCUT2D eigenvalue weighted by atomic mass is 10.1. The van der Waals surface area contributed by atoms with Gasteiger partial charge in [0, 0.05) is 25.2 Å². The topological polar surface area (TPSA) is 119 Å². The summed E-state index contributed by atoms with van der Waals surface area (Å²) in [6.07, 6.45) is 4.51. The number of nitro groups is 1. The fourth-order valence-electron chi connectivity index (χ4n) is 3.98. The van der Waals surface area contributed by atoms with Crippen LogP contribution in [-0.2, 0) is 16.2 Å². The lowest BCUT2D eigenvalue weighted by Crippen LogP contribution is -2.44. The smallest absolute Gasteiger partial charge is 0.294 e. The van der Waals surface area contributed by atoms with Crippen LogP contribution < -0.4 is 9.47 Å². The predicted molar refractivity (Wildman–Crippen MR) is 134 cm³/mol. The molecule has 0 radical (unpaired) electrons. The number of thioether (sulfide) groups is 1. The molecule has 2 aromatic rings. The molecule has 188 valence electrons. The van der Waals surface area contributed by atoms with Crippen molar-refractivity contribution in [1.82, 2.24) is 9.80 Å². The zero-order chi connectivity index (χ0) is 25.7. The van der Waals surface area contributed by atoms with E-state index in [-0.39, 0.29) is 29.7 Å². The number of ether oxygens (including phenoxy) is 2. The number of carbonyl (C=O) groups is 3. The molecule has 2 heterocycles. The number of hydrogen-bond acceptors (Lipinski definition) is 8. The number of methoxy groups -OCH3 is 1. The van der Waals surface area contributed by atoms with Crippen molar-refractivity contribution in [2.45, 2.75) is 25.9 Å². The van der Waals surface area contributed by atoms with Gasteiger partial charge in [-0.05, 0) is 60.4 Å². The Labute approximate surface area is 212 Å². The van der Waals surface area contributed by atoms with E-state index in [1.165, 1.54) is 19.2 Å². The summed E-state index contributed by atoms with van der Waals surface area (Å²) >= 11 is 0.795. The summed E-state index contributed by atoms with van der Waals surface area (Å²) < 4.78 is 11.2. The number of nitro benzene ring substituents is 1. The van der Waals surface area contributed by atoms with Crippen molar-refractivity contribution in [2.24, 2.45) is 0 Å². The maximum atomic E-state index is 12.8. The van der Waals surface area contributed by atoms with Crippen LogP contribution in [-0.4, -0.2) is 58.5 Å². The van der Waals surface area contributed by atoms with Crippen LogP contribution in [0.15, 0.2) is 47.4 Å². The first kappa shape index (κ1) is 25.2. The average molecular weight is 512 g/mol. The monoisotopic (exact) mass is 511 g/mol. The average Bonchev–Trinajstić information content (AvgIpc) is 3.15. The van der Waals surface area contributed by atoms with Gasteiger partial charge in [0.25, 0.3) is 16.8 Å². The van der Waals surface area contributed by atoms with Crippen LogP contribution >= 0.6 is 11.8 Å². The number of rotatable bonds is 8. The van der Waals surface area contributed by atoms with Gasteiger partial charge in [-0.2, -0.15) is 0 Å². The van der Waals surface area contributed by atoms with Gasteiger partial charge in [-0.15, -0.1) is 0 Å². The van der Waals surface area contributed by atoms with Crippen LogP contribution in [0.3, 0.4) is 0 Å². The van der Waals surface area contributed by atoms with Crippen LogP contribution in [0.1, 0.15) is 30.4 Å². The zero-order valence-corrected chi connectivity index (χ0v) is 20.5. The molecule has 0 aliphatic carbocycles. The molecule has 0 N–H and O–H groups in total. The predicted octanol–water partition coefficient (Wildman–Crippen LogP) is 4.23. The molecule has 0 atom stereocenters. The maximum absolute atomic E-state index is 12.8. The fourth-order valence-corrected chi connectivity index (χ4v) is 4.82. The van der Waals surface area contributed by atoms with Gasteiger partial charge in [-0.3, -0.25) is 29.4 Å². The number of likely N-dealkylation sites (tertiary alicyclic amines) is 1. The molecule has 0 spiro atoms. The largest absolute Gasteiger partial charge is 0.493 e. The van der Waals surface area contributed by atoms with E-state index in [9.17, 15) is 24.5 Å². The third-order valence-electron chi connectivity index (χ3n) is 5.88. The highest BCUT2D eigenvalue weighted by atomic mass is 32.2. The van der Waals surface area contributed by atoms with E-state index < -0.39 is 16.1 Å². The minimum Gasteiger partial charge on any atom is -0.493 e. The van der Waals surface area contributed by atoms with E-state index in [1.54, 1.807) is 41.3 Å². The molecule has 2 aliphatic heterocycles. The Bertz CT molecular complexity index is 1220. The third kappa shape index (κ3) is 5.85. The number of benzene rings is 2. The molecule has 0 bridgehead atoms. The van der Waals surface area contributed by atoms with Crippen molar-refractivity contribution in [1.29, 1.82) is 0 Å². The SMILES string of the molecule is COc1cc(/C=C2\SC(=O)N(CC(=O)N3CCCCC3)C2=O)ccc1OCc1cccc([N+](=O)[O-])c1. The van der Waals surface area contributed by atoms with Gasteiger partial charge in [0.2, 0.25) is 5.91 Å². The highest BCUT2D eigenvalue weighted by Gasteiger charge is 2.37. The summed E-state index contributed by atoms with van der Waals surface area (Å²) in [5, 5.41) is 10.5. The minimum absolute atomic E-state index is 0.0232. The number of piperidine rings is 1. The summed E-state index contributed by atoms with van der Waals surface area (Å²) in [4.78, 5) is 51.2. The first-order chi connectivity index (χ1) is 17.4. The standard InChI is InChI=1S/C25H25N3O7S/c1-34-21-13-17(8-9-20(21)35-16-18-6-5-7-19(12-18)28(32)33)14-22-24(30)27(25(31)36-22)15-23(29)26-10-3-2-4-11-26/h5-9,12-14H,2-4,10-11,15-16H2,1H3/b22-14-. The van der Waals surface area contributed by atoms with Crippen molar-refractivity contribution in [2.75, 3.05) is 26.7 Å². The second-order valence-electron chi connectivity index (χ2n) is 8.34. The van der Waals surface area contributed by atoms with Crippen LogP contribution in [0.4, 0.5) is 10.5 Å². The summed E-state index contributed by atoms with van der Waals surface area (Å²) in [5.74, 6) is 0.0977. The summed E-state index contributed by atoms with van der Waals surface area (Å²) in [6, 6.07) is 11.2. The lowest BCUT2D eigenvalue weighted by Gasteiger charge is -2.27. The molecule has 4 rings (SSSR count). The molecule has 0 aromatic heterocycles. The highest BCUT2D eigenvalue weighted by Crippen LogP contribution is 2.35. The highest BCUT2D eigenvalue weighted by molar-refractivity contribution is 8.18. The molecule has 2 aromatic carbocycles. The molecule has 36 heavy (non-hydrogen) atoms. The quantitative estimate of drug-likeness (QED) is 0.293. The number of non-ortho nitro benzene ring substituents is 1. The summed E-state index contributed by atoms with van der Waals surface area (Å²) in [7, 11) is 1.47. The van der Waals surface area contributed by atoms with Crippen LogP contribution in [0.5, 0.6) is 11.5 Å². The normalized spacial score (nSPS) is 17.0. The number of hydrogen-bond donors (Lipinski definition) is 0. The summed E-state index contributed by atoms with van der Waals surface area (Å²) in [5.41, 5.74) is 1.22. The van der Waals surface area contributed by atoms with Gasteiger partial charge in [-0.1, -0.05) is 18.2 Å². The van der Waals surface area contributed by atoms with E-state index in [2.05, 4.69) is 0 Å². The Kier molecular flexibility index (Phi) is 7.89. The van der Waals surface area contributed by atoms with Gasteiger partial charge in [0.1, 0.15) is 13.2 Å². The molecular weight excluding hydrogens is 486 g/mol. The van der Waals surface area contributed by atoms with Crippen molar-refractivity contribution in [3.8, 4) is 11.5 Å². The third-order valence-corrected chi connectivity index (χ3v) is 6.78. The summed E-state index contributed by atoms with van der Waals surface area (Å²) in [6.45, 7) is 1.15. The van der Waals surface area contributed by atoms with Gasteiger partial charge < -0.3 is 14.4 Å². The van der Waals surface area contributed by atoms with E-state index in [4.69, 9.17) is 9.47 Å². The van der Waals surface area contributed by atoms with Crippen LogP contribution in [0, 0.1) is 10.1 Å². The lowest BCUT2D eigenvalue weighted by molar-refractivity contribution is -0.384. The van der Waals surface area contributed by atoms with Crippen LogP contribution in [0.2, 0.25) is 0 Å².